The van der Waals surface area contributed by atoms with Gasteiger partial charge in [0, 0.05) is 58.4 Å². The van der Waals surface area contributed by atoms with E-state index in [0.29, 0.717) is 18.7 Å². The lowest BCUT2D eigenvalue weighted by Crippen LogP contribution is -2.44. The van der Waals surface area contributed by atoms with Gasteiger partial charge in [-0.3, -0.25) is 23.2 Å². The quantitative estimate of drug-likeness (QED) is 0.384. The maximum Gasteiger partial charge on any atom is 0.409 e. The van der Waals surface area contributed by atoms with Crippen LogP contribution in [-0.4, -0.2) is 86.1 Å². The van der Waals surface area contributed by atoms with Crippen LogP contribution in [0.1, 0.15) is 51.1 Å². The Hall–Kier alpha value is -3.83. The largest absolute Gasteiger partial charge is 0.450 e. The number of nitrogens with one attached hydrogen (secondary N) is 1. The van der Waals surface area contributed by atoms with Crippen molar-refractivity contribution in [3.63, 3.8) is 0 Å². The molecule has 4 aromatic rings. The summed E-state index contributed by atoms with van der Waals surface area (Å²) in [5.74, 6) is 0. The zero-order valence-corrected chi connectivity index (χ0v) is 26.2. The fourth-order valence-electron chi connectivity index (χ4n) is 7.34. The number of amides is 1. The minimum Gasteiger partial charge on any atom is -0.450 e. The van der Waals surface area contributed by atoms with Gasteiger partial charge < -0.3 is 15.0 Å². The van der Waals surface area contributed by atoms with Crippen molar-refractivity contribution in [1.29, 1.82) is 0 Å². The third-order valence-electron chi connectivity index (χ3n) is 9.74. The van der Waals surface area contributed by atoms with E-state index in [-0.39, 0.29) is 23.5 Å². The molecule has 44 heavy (non-hydrogen) atoms. The molecule has 2 aromatic carbocycles. The van der Waals surface area contributed by atoms with E-state index in [1.54, 1.807) is 9.13 Å². The van der Waals surface area contributed by atoms with Crippen LogP contribution in [0.2, 0.25) is 0 Å². The number of hydrogen-bond acceptors (Lipinski definition) is 6. The van der Waals surface area contributed by atoms with Gasteiger partial charge in [0.2, 0.25) is 0 Å². The van der Waals surface area contributed by atoms with Crippen LogP contribution in [0, 0.1) is 0 Å². The van der Waals surface area contributed by atoms with Crippen molar-refractivity contribution in [3.8, 4) is 0 Å². The maximum atomic E-state index is 12.8. The molecule has 1 atom stereocenters. The lowest BCUT2D eigenvalue weighted by atomic mass is 10.0. The fourth-order valence-corrected chi connectivity index (χ4v) is 7.34. The number of ether oxygens (including phenoxy) is 1. The van der Waals surface area contributed by atoms with Gasteiger partial charge in [0.25, 0.3) is 0 Å². The van der Waals surface area contributed by atoms with Crippen molar-refractivity contribution < 1.29 is 9.53 Å². The van der Waals surface area contributed by atoms with Gasteiger partial charge in [-0.05, 0) is 76.4 Å². The van der Waals surface area contributed by atoms with E-state index < -0.39 is 0 Å². The second-order valence-electron chi connectivity index (χ2n) is 12.2. The summed E-state index contributed by atoms with van der Waals surface area (Å²) in [6.07, 6.45) is 4.80. The number of piperidine rings is 2. The molecular formula is C33H45N7O4. The SMILES string of the molecule is CCOC(=O)N1CCC(N2CCC(n3c(=O)n(C)c4ccccc43)CC2)C1.Cn1c(=O)n(C2CCNCC2)c2ccccc21. The summed E-state index contributed by atoms with van der Waals surface area (Å²) in [4.78, 5) is 41.3. The molecule has 7 rings (SSSR count). The molecule has 11 nitrogen and oxygen atoms in total. The molecule has 1 unspecified atom stereocenters. The summed E-state index contributed by atoms with van der Waals surface area (Å²) in [7, 11) is 3.70. The minimum absolute atomic E-state index is 0.0732. The summed E-state index contributed by atoms with van der Waals surface area (Å²) in [6, 6.07) is 17.0. The Bertz CT molecular complexity index is 1720. The lowest BCUT2D eigenvalue weighted by Gasteiger charge is -2.36. The summed E-state index contributed by atoms with van der Waals surface area (Å²) in [5.41, 5.74) is 4.29. The molecule has 0 aliphatic carbocycles. The van der Waals surface area contributed by atoms with Gasteiger partial charge in [-0.1, -0.05) is 24.3 Å². The molecule has 0 spiro atoms. The number of likely N-dealkylation sites (tertiary alicyclic amines) is 2. The van der Waals surface area contributed by atoms with E-state index in [2.05, 4.69) is 10.2 Å². The van der Waals surface area contributed by atoms with Crippen LogP contribution in [0.15, 0.2) is 58.1 Å². The highest BCUT2D eigenvalue weighted by Gasteiger charge is 2.34. The van der Waals surface area contributed by atoms with Crippen LogP contribution in [0.3, 0.4) is 0 Å². The van der Waals surface area contributed by atoms with Gasteiger partial charge in [-0.25, -0.2) is 14.4 Å². The molecule has 1 N–H and O–H groups in total. The average molecular weight is 604 g/mol. The van der Waals surface area contributed by atoms with E-state index in [9.17, 15) is 14.4 Å². The predicted molar refractivity (Wildman–Crippen MR) is 172 cm³/mol. The highest BCUT2D eigenvalue weighted by Crippen LogP contribution is 2.28. The first-order valence-corrected chi connectivity index (χ1v) is 16.1. The number of fused-ring (bicyclic) bond motifs is 2. The Labute approximate surface area is 257 Å². The maximum absolute atomic E-state index is 12.8. The number of nitrogens with zero attached hydrogens (tertiary/aromatic N) is 6. The smallest absolute Gasteiger partial charge is 0.409 e. The Morgan fingerprint density at radius 3 is 1.73 bits per heavy atom. The number of para-hydroxylation sites is 4. The predicted octanol–water partition coefficient (Wildman–Crippen LogP) is 3.47. The summed E-state index contributed by atoms with van der Waals surface area (Å²) in [6.45, 7) is 7.70. The molecule has 236 valence electrons. The minimum atomic E-state index is -0.197. The molecule has 3 aliphatic rings. The standard InChI is InChI=1S/C20H28N4O3.C13H17N3O/c1-3-27-20(26)23-13-10-16(14-23)22-11-8-15(9-12-22)24-18-7-5-4-6-17(18)21(2)19(24)25;1-15-11-4-2-3-5-12(11)16(13(15)17)10-6-8-14-9-7-10/h4-7,15-16H,3,8-14H2,1-2H3;2-5,10,14H,6-9H2,1H3. The first-order chi connectivity index (χ1) is 21.4. The highest BCUT2D eigenvalue weighted by atomic mass is 16.6. The van der Waals surface area contributed by atoms with Crippen LogP contribution in [0.4, 0.5) is 4.79 Å². The van der Waals surface area contributed by atoms with E-state index in [1.807, 2.05) is 83.6 Å². The van der Waals surface area contributed by atoms with E-state index in [1.165, 1.54) is 0 Å². The van der Waals surface area contributed by atoms with Crippen LogP contribution in [-0.2, 0) is 18.8 Å². The van der Waals surface area contributed by atoms with Gasteiger partial charge >= 0.3 is 17.5 Å². The van der Waals surface area contributed by atoms with Gasteiger partial charge in [-0.15, -0.1) is 0 Å². The highest BCUT2D eigenvalue weighted by molar-refractivity contribution is 5.76. The van der Waals surface area contributed by atoms with Crippen molar-refractivity contribution in [2.24, 2.45) is 14.1 Å². The zero-order chi connectivity index (χ0) is 30.8. The number of aryl methyl sites for hydroxylation is 2. The Balaban J connectivity index is 0.000000173. The van der Waals surface area contributed by atoms with Crippen molar-refractivity contribution in [1.82, 2.24) is 33.4 Å². The van der Waals surface area contributed by atoms with E-state index >= 15 is 0 Å². The fraction of sp³-hybridized carbons (Fsp3) is 0.545. The molecule has 3 saturated heterocycles. The van der Waals surface area contributed by atoms with Crippen LogP contribution in [0.25, 0.3) is 22.1 Å². The Morgan fingerprint density at radius 1 is 0.727 bits per heavy atom. The number of benzene rings is 2. The van der Waals surface area contributed by atoms with E-state index in [4.69, 9.17) is 4.74 Å². The Morgan fingerprint density at radius 2 is 1.20 bits per heavy atom. The summed E-state index contributed by atoms with van der Waals surface area (Å²) in [5, 5.41) is 3.34. The van der Waals surface area contributed by atoms with Crippen molar-refractivity contribution in [3.05, 3.63) is 69.5 Å². The van der Waals surface area contributed by atoms with Crippen LogP contribution < -0.4 is 16.7 Å². The molecule has 0 saturated carbocycles. The number of aromatic nitrogens is 4. The first-order valence-electron chi connectivity index (χ1n) is 16.1. The third kappa shape index (κ3) is 5.70. The molecular weight excluding hydrogens is 558 g/mol. The van der Waals surface area contributed by atoms with Gasteiger partial charge in [0.05, 0.1) is 28.7 Å². The number of rotatable bonds is 4. The monoisotopic (exact) mass is 603 g/mol. The number of carbonyl (C=O) groups excluding carboxylic acids is 1. The second kappa shape index (κ2) is 13.0. The van der Waals surface area contributed by atoms with Gasteiger partial charge in [-0.2, -0.15) is 0 Å². The second-order valence-corrected chi connectivity index (χ2v) is 12.2. The Kier molecular flexibility index (Phi) is 8.95. The van der Waals surface area contributed by atoms with Gasteiger partial charge in [0.15, 0.2) is 0 Å². The molecule has 5 heterocycles. The molecule has 1 amide bonds. The number of carbonyl (C=O) groups is 1. The normalized spacial score (nSPS) is 20.2. The molecule has 2 aromatic heterocycles. The van der Waals surface area contributed by atoms with Crippen molar-refractivity contribution >= 4 is 28.2 Å². The molecule has 0 bridgehead atoms. The summed E-state index contributed by atoms with van der Waals surface area (Å²) >= 11 is 0. The van der Waals surface area contributed by atoms with Gasteiger partial charge in [0.1, 0.15) is 0 Å². The van der Waals surface area contributed by atoms with E-state index in [0.717, 1.165) is 93.4 Å². The van der Waals surface area contributed by atoms with Crippen molar-refractivity contribution in [2.75, 3.05) is 45.9 Å². The van der Waals surface area contributed by atoms with Crippen LogP contribution in [0.5, 0.6) is 0 Å². The molecule has 0 radical (unpaired) electrons. The van der Waals surface area contributed by atoms with Crippen molar-refractivity contribution in [2.45, 2.75) is 57.2 Å². The molecule has 3 fully saturated rings. The summed E-state index contributed by atoms with van der Waals surface area (Å²) < 4.78 is 12.6. The number of hydrogen-bond donors (Lipinski definition) is 1. The molecule has 3 aliphatic heterocycles. The third-order valence-corrected chi connectivity index (χ3v) is 9.74. The molecule has 11 heteroatoms. The topological polar surface area (TPSA) is 98.7 Å². The number of imidazole rings is 2. The first kappa shape index (κ1) is 30.2. The average Bonchev–Trinajstić information content (AvgIpc) is 3.72. The zero-order valence-electron chi connectivity index (χ0n) is 26.2. The lowest BCUT2D eigenvalue weighted by molar-refractivity contribution is 0.105. The van der Waals surface area contributed by atoms with Crippen LogP contribution >= 0.6 is 0 Å².